The van der Waals surface area contributed by atoms with Crippen molar-refractivity contribution in [3.8, 4) is 0 Å². The molecule has 3 aromatic carbocycles. The number of rotatable bonds is 7. The molecular formula is C29H27FN2O4. The molecule has 1 saturated heterocycles. The molecule has 0 amide bonds. The highest BCUT2D eigenvalue weighted by Gasteiger charge is 2.42. The molecule has 0 bridgehead atoms. The van der Waals surface area contributed by atoms with Crippen molar-refractivity contribution in [1.29, 1.82) is 0 Å². The molecule has 1 aliphatic rings. The van der Waals surface area contributed by atoms with Gasteiger partial charge in [0, 0.05) is 18.2 Å². The first-order chi connectivity index (χ1) is 17.5. The van der Waals surface area contributed by atoms with Gasteiger partial charge in [0.2, 0.25) is 0 Å². The summed E-state index contributed by atoms with van der Waals surface area (Å²) >= 11 is 0. The van der Waals surface area contributed by atoms with Crippen LogP contribution in [0.3, 0.4) is 0 Å². The van der Waals surface area contributed by atoms with E-state index in [0.29, 0.717) is 5.56 Å². The molecule has 0 spiro atoms. The number of alkyl halides is 1. The fraction of sp³-hybridized carbons (Fsp3) is 0.241. The smallest absolute Gasteiger partial charge is 0.330 e. The van der Waals surface area contributed by atoms with Crippen LogP contribution in [0.15, 0.2) is 107 Å². The Hall–Kier alpha value is -3.81. The Bertz CT molecular complexity index is 1320. The van der Waals surface area contributed by atoms with Gasteiger partial charge >= 0.3 is 5.69 Å². The van der Waals surface area contributed by atoms with Crippen molar-refractivity contribution >= 4 is 0 Å². The van der Waals surface area contributed by atoms with Crippen molar-refractivity contribution in [3.05, 3.63) is 140 Å². The molecule has 1 aromatic heterocycles. The Morgan fingerprint density at radius 3 is 1.92 bits per heavy atom. The Morgan fingerprint density at radius 2 is 1.42 bits per heavy atom. The Balaban J connectivity index is 1.50. The van der Waals surface area contributed by atoms with E-state index in [9.17, 15) is 9.59 Å². The summed E-state index contributed by atoms with van der Waals surface area (Å²) in [5.74, 6) is 0. The normalized spacial score (nSPS) is 19.9. The van der Waals surface area contributed by atoms with Gasteiger partial charge in [0.15, 0.2) is 0 Å². The van der Waals surface area contributed by atoms with Crippen molar-refractivity contribution < 1.29 is 13.9 Å². The minimum atomic E-state index is -1.35. The average molecular weight is 487 g/mol. The summed E-state index contributed by atoms with van der Waals surface area (Å²) in [6.45, 7) is 1.54. The standard InChI is InChI=1S/C29H27FN2O4/c1-20-18-32(28(34)31-27(20)33)26-17-24(30)25(36-26)19-35-29(21-11-5-2-6-12-21,22-13-7-3-8-14-22)23-15-9-4-10-16-23/h2-16,18,24-26H,17,19H2,1H3,(H,31,33,34)/t24?,25-,26?/m1/s1. The van der Waals surface area contributed by atoms with Crippen LogP contribution < -0.4 is 11.2 Å². The van der Waals surface area contributed by atoms with Gasteiger partial charge in [0.05, 0.1) is 6.61 Å². The Morgan fingerprint density at radius 1 is 0.917 bits per heavy atom. The minimum absolute atomic E-state index is 0.0194. The fourth-order valence-electron chi connectivity index (χ4n) is 4.79. The second-order valence-corrected chi connectivity index (χ2v) is 8.95. The SMILES string of the molecule is Cc1cn(C2CC(F)[C@@H](COC(c3ccccc3)(c3ccccc3)c3ccccc3)O2)c(=O)[nH]c1=O. The molecule has 0 saturated carbocycles. The molecule has 7 heteroatoms. The summed E-state index contributed by atoms with van der Waals surface area (Å²) < 4.78 is 29.1. The number of ether oxygens (including phenoxy) is 2. The number of halogens is 1. The maximum atomic E-state index is 15.2. The van der Waals surface area contributed by atoms with E-state index in [-0.39, 0.29) is 13.0 Å². The van der Waals surface area contributed by atoms with Gasteiger partial charge in [-0.3, -0.25) is 14.3 Å². The van der Waals surface area contributed by atoms with Crippen molar-refractivity contribution in [3.63, 3.8) is 0 Å². The fourth-order valence-corrected chi connectivity index (χ4v) is 4.79. The average Bonchev–Trinajstić information content (AvgIpc) is 3.28. The van der Waals surface area contributed by atoms with Crippen molar-refractivity contribution in [2.45, 2.75) is 37.4 Å². The number of benzene rings is 3. The number of hydrogen-bond acceptors (Lipinski definition) is 4. The van der Waals surface area contributed by atoms with Crippen LogP contribution in [0, 0.1) is 6.92 Å². The topological polar surface area (TPSA) is 73.3 Å². The Labute approximate surface area is 208 Å². The monoisotopic (exact) mass is 486 g/mol. The number of hydrogen-bond donors (Lipinski definition) is 1. The summed E-state index contributed by atoms with van der Waals surface area (Å²) in [6, 6.07) is 29.5. The van der Waals surface area contributed by atoms with Crippen LogP contribution in [0.4, 0.5) is 4.39 Å². The van der Waals surface area contributed by atoms with E-state index in [2.05, 4.69) is 4.98 Å². The van der Waals surface area contributed by atoms with Gasteiger partial charge in [-0.25, -0.2) is 9.18 Å². The van der Waals surface area contributed by atoms with Crippen molar-refractivity contribution in [1.82, 2.24) is 9.55 Å². The molecule has 184 valence electrons. The predicted molar refractivity (Wildman–Crippen MR) is 135 cm³/mol. The van der Waals surface area contributed by atoms with E-state index in [1.807, 2.05) is 91.0 Å². The van der Waals surface area contributed by atoms with E-state index < -0.39 is 35.4 Å². The molecule has 2 unspecified atom stereocenters. The zero-order valence-electron chi connectivity index (χ0n) is 19.8. The van der Waals surface area contributed by atoms with Gasteiger partial charge in [-0.15, -0.1) is 0 Å². The quantitative estimate of drug-likeness (QED) is 0.391. The lowest BCUT2D eigenvalue weighted by atomic mass is 9.80. The molecule has 2 heterocycles. The van der Waals surface area contributed by atoms with Crippen LogP contribution in [0.25, 0.3) is 0 Å². The second-order valence-electron chi connectivity index (χ2n) is 8.95. The van der Waals surface area contributed by atoms with E-state index in [0.717, 1.165) is 16.7 Å². The van der Waals surface area contributed by atoms with Crippen LogP contribution in [0.1, 0.15) is 34.9 Å². The van der Waals surface area contributed by atoms with Crippen molar-refractivity contribution in [2.24, 2.45) is 0 Å². The molecule has 0 aliphatic carbocycles. The highest BCUT2D eigenvalue weighted by Crippen LogP contribution is 2.41. The highest BCUT2D eigenvalue weighted by atomic mass is 19.1. The lowest BCUT2D eigenvalue weighted by Gasteiger charge is -2.36. The number of nitrogens with zero attached hydrogens (tertiary/aromatic N) is 1. The third kappa shape index (κ3) is 4.43. The largest absolute Gasteiger partial charge is 0.358 e. The second kappa shape index (κ2) is 10.0. The summed E-state index contributed by atoms with van der Waals surface area (Å²) in [7, 11) is 0. The lowest BCUT2D eigenvalue weighted by Crippen LogP contribution is -2.37. The predicted octanol–water partition coefficient (Wildman–Crippen LogP) is 4.48. The first-order valence-corrected chi connectivity index (χ1v) is 11.9. The number of aryl methyl sites for hydroxylation is 1. The molecule has 1 aliphatic heterocycles. The molecule has 6 nitrogen and oxygen atoms in total. The molecule has 5 rings (SSSR count). The number of aromatic nitrogens is 2. The lowest BCUT2D eigenvalue weighted by molar-refractivity contribution is -0.0868. The van der Waals surface area contributed by atoms with E-state index in [1.165, 1.54) is 10.8 Å². The van der Waals surface area contributed by atoms with Crippen LogP contribution in [0.2, 0.25) is 0 Å². The molecule has 4 aromatic rings. The summed E-state index contributed by atoms with van der Waals surface area (Å²) in [4.78, 5) is 26.3. The van der Waals surface area contributed by atoms with Gasteiger partial charge in [-0.1, -0.05) is 91.0 Å². The first-order valence-electron chi connectivity index (χ1n) is 11.9. The van der Waals surface area contributed by atoms with Crippen LogP contribution in [-0.2, 0) is 15.1 Å². The molecule has 1 N–H and O–H groups in total. The van der Waals surface area contributed by atoms with E-state index in [1.54, 1.807) is 6.92 Å². The van der Waals surface area contributed by atoms with Gasteiger partial charge in [-0.05, 0) is 23.6 Å². The summed E-state index contributed by atoms with van der Waals surface area (Å²) in [5.41, 5.74) is 0.959. The number of aromatic amines is 1. The number of H-pyrrole nitrogens is 1. The zero-order chi connectivity index (χ0) is 25.1. The van der Waals surface area contributed by atoms with Crippen LogP contribution >= 0.6 is 0 Å². The third-order valence-electron chi connectivity index (χ3n) is 6.62. The number of nitrogens with one attached hydrogen (secondary N) is 1. The highest BCUT2D eigenvalue weighted by molar-refractivity contribution is 5.47. The third-order valence-corrected chi connectivity index (χ3v) is 6.62. The minimum Gasteiger partial charge on any atom is -0.358 e. The van der Waals surface area contributed by atoms with Crippen LogP contribution in [0.5, 0.6) is 0 Å². The maximum Gasteiger partial charge on any atom is 0.330 e. The molecule has 36 heavy (non-hydrogen) atoms. The summed E-state index contributed by atoms with van der Waals surface area (Å²) in [5, 5.41) is 0. The molecule has 3 atom stereocenters. The van der Waals surface area contributed by atoms with Gasteiger partial charge in [0.1, 0.15) is 24.1 Å². The van der Waals surface area contributed by atoms with Gasteiger partial charge < -0.3 is 9.47 Å². The molecular weight excluding hydrogens is 459 g/mol. The molecule has 1 fully saturated rings. The van der Waals surface area contributed by atoms with Gasteiger partial charge in [-0.2, -0.15) is 0 Å². The van der Waals surface area contributed by atoms with Crippen molar-refractivity contribution in [2.75, 3.05) is 6.61 Å². The Kier molecular flexibility index (Phi) is 6.67. The van der Waals surface area contributed by atoms with Crippen LogP contribution in [-0.4, -0.2) is 28.4 Å². The maximum absolute atomic E-state index is 15.2. The van der Waals surface area contributed by atoms with E-state index >= 15 is 4.39 Å². The molecule has 0 radical (unpaired) electrons. The van der Waals surface area contributed by atoms with E-state index in [4.69, 9.17) is 9.47 Å². The first kappa shape index (κ1) is 23.9. The van der Waals surface area contributed by atoms with Gasteiger partial charge in [0.25, 0.3) is 5.56 Å². The zero-order valence-corrected chi connectivity index (χ0v) is 19.8. The summed E-state index contributed by atoms with van der Waals surface area (Å²) in [6.07, 6.45) is -1.70.